The molecule has 0 heterocycles. The van der Waals surface area contributed by atoms with Crippen molar-refractivity contribution in [1.29, 1.82) is 0 Å². The van der Waals surface area contributed by atoms with E-state index in [9.17, 15) is 4.79 Å². The van der Waals surface area contributed by atoms with Gasteiger partial charge in [0.2, 0.25) is 0 Å². The zero-order chi connectivity index (χ0) is 15.7. The second-order valence-corrected chi connectivity index (χ2v) is 7.02. The molecule has 0 spiro atoms. The van der Waals surface area contributed by atoms with Crippen LogP contribution in [0.1, 0.15) is 52.7 Å². The Kier molecular flexibility index (Phi) is 4.37. The van der Waals surface area contributed by atoms with E-state index in [4.69, 9.17) is 9.84 Å². The first kappa shape index (κ1) is 16.3. The van der Waals surface area contributed by atoms with Crippen LogP contribution in [0.4, 0.5) is 10.5 Å². The third kappa shape index (κ3) is 3.65. The first-order valence-electron chi connectivity index (χ1n) is 6.74. The topological polar surface area (TPSA) is 58.6 Å². The molecule has 0 saturated heterocycles. The summed E-state index contributed by atoms with van der Waals surface area (Å²) in [5.74, 6) is 0.455. The van der Waals surface area contributed by atoms with Gasteiger partial charge in [-0.05, 0) is 23.0 Å². The van der Waals surface area contributed by atoms with E-state index in [1.807, 2.05) is 60.7 Å². The number of carboxylic acid groups (broad SMARTS) is 1. The molecule has 0 aliphatic heterocycles. The van der Waals surface area contributed by atoms with Crippen LogP contribution in [0.5, 0.6) is 5.75 Å². The number of anilines is 1. The zero-order valence-corrected chi connectivity index (χ0v) is 13.4. The predicted octanol–water partition coefficient (Wildman–Crippen LogP) is 4.38. The molecule has 0 bridgehead atoms. The van der Waals surface area contributed by atoms with E-state index >= 15 is 0 Å². The second-order valence-electron chi connectivity index (χ2n) is 7.02. The third-order valence-corrected chi connectivity index (χ3v) is 3.18. The lowest BCUT2D eigenvalue weighted by atomic mass is 9.79. The van der Waals surface area contributed by atoms with Crippen molar-refractivity contribution in [3.05, 3.63) is 23.3 Å². The summed E-state index contributed by atoms with van der Waals surface area (Å²) in [7, 11) is 1.85. The average molecular weight is 279 g/mol. The molecule has 0 aromatic heterocycles. The van der Waals surface area contributed by atoms with Gasteiger partial charge in [-0.15, -0.1) is 0 Å². The molecule has 4 nitrogen and oxygen atoms in total. The van der Waals surface area contributed by atoms with Crippen molar-refractivity contribution in [3.63, 3.8) is 0 Å². The van der Waals surface area contributed by atoms with E-state index < -0.39 is 6.16 Å². The molecule has 0 saturated carbocycles. The summed E-state index contributed by atoms with van der Waals surface area (Å²) in [4.78, 5) is 11.0. The summed E-state index contributed by atoms with van der Waals surface area (Å²) < 4.78 is 5.12. The van der Waals surface area contributed by atoms with Crippen molar-refractivity contribution >= 4 is 11.8 Å². The summed E-state index contributed by atoms with van der Waals surface area (Å²) in [6.07, 6.45) is -1.28. The molecule has 4 heteroatoms. The van der Waals surface area contributed by atoms with Crippen LogP contribution >= 0.6 is 0 Å². The van der Waals surface area contributed by atoms with Crippen LogP contribution in [-0.2, 0) is 10.8 Å². The molecule has 0 fully saturated rings. The van der Waals surface area contributed by atoms with Gasteiger partial charge in [0, 0.05) is 23.9 Å². The number of rotatable bonds is 2. The maximum absolute atomic E-state index is 11.0. The van der Waals surface area contributed by atoms with Crippen LogP contribution in [0, 0.1) is 0 Å². The van der Waals surface area contributed by atoms with Crippen molar-refractivity contribution in [2.75, 3.05) is 12.4 Å². The van der Waals surface area contributed by atoms with Gasteiger partial charge >= 0.3 is 6.16 Å². The summed E-state index contributed by atoms with van der Waals surface area (Å²) in [6.45, 7) is 12.3. The van der Waals surface area contributed by atoms with Crippen LogP contribution < -0.4 is 10.1 Å². The molecule has 1 aromatic rings. The minimum absolute atomic E-state index is 0.211. The molecule has 0 unspecified atom stereocenters. The van der Waals surface area contributed by atoms with Gasteiger partial charge < -0.3 is 15.2 Å². The molecule has 2 N–H and O–H groups in total. The number of nitrogens with one attached hydrogen (secondary N) is 1. The molecule has 1 aromatic carbocycles. The standard InChI is InChI=1S/C16H25NO3/c1-15(2,3)11-8-10(17-7)9-12(16(4,5)6)13(11)20-14(18)19/h8-9,17H,1-7H3,(H,18,19). The predicted molar refractivity (Wildman–Crippen MR) is 82.0 cm³/mol. The van der Waals surface area contributed by atoms with Crippen molar-refractivity contribution < 1.29 is 14.6 Å². The minimum Gasteiger partial charge on any atom is -0.449 e. The van der Waals surface area contributed by atoms with Gasteiger partial charge in [0.15, 0.2) is 0 Å². The third-order valence-electron chi connectivity index (χ3n) is 3.18. The summed E-state index contributed by atoms with van der Waals surface area (Å²) in [6, 6.07) is 3.90. The van der Waals surface area contributed by atoms with Crippen LogP contribution in [-0.4, -0.2) is 18.3 Å². The molecule has 1 rings (SSSR count). The van der Waals surface area contributed by atoms with E-state index in [1.165, 1.54) is 0 Å². The Hall–Kier alpha value is -1.71. The molecule has 0 aliphatic carbocycles. The lowest BCUT2D eigenvalue weighted by Gasteiger charge is -2.29. The lowest BCUT2D eigenvalue weighted by molar-refractivity contribution is 0.142. The number of hydrogen-bond donors (Lipinski definition) is 2. The maximum Gasteiger partial charge on any atom is 0.511 e. The van der Waals surface area contributed by atoms with Crippen LogP contribution in [0.2, 0.25) is 0 Å². The number of carbonyl (C=O) groups is 1. The minimum atomic E-state index is -1.28. The van der Waals surface area contributed by atoms with Crippen molar-refractivity contribution in [2.24, 2.45) is 0 Å². The molecule has 0 atom stereocenters. The molecular weight excluding hydrogens is 254 g/mol. The Labute approximate surface area is 121 Å². The SMILES string of the molecule is CNc1cc(C(C)(C)C)c(OC(=O)O)c(C(C)(C)C)c1. The van der Waals surface area contributed by atoms with E-state index in [0.717, 1.165) is 16.8 Å². The average Bonchev–Trinajstić information content (AvgIpc) is 2.25. The molecular formula is C16H25NO3. The highest BCUT2D eigenvalue weighted by molar-refractivity contribution is 5.67. The fourth-order valence-electron chi connectivity index (χ4n) is 2.08. The molecule has 112 valence electrons. The fraction of sp³-hybridized carbons (Fsp3) is 0.562. The van der Waals surface area contributed by atoms with Gasteiger partial charge in [0.1, 0.15) is 5.75 Å². The highest BCUT2D eigenvalue weighted by Gasteiger charge is 2.29. The summed E-state index contributed by atoms with van der Waals surface area (Å²) in [5.41, 5.74) is 2.31. The van der Waals surface area contributed by atoms with Gasteiger partial charge in [0.05, 0.1) is 0 Å². The molecule has 0 aliphatic rings. The fourth-order valence-corrected chi connectivity index (χ4v) is 2.08. The summed E-state index contributed by atoms with van der Waals surface area (Å²) in [5, 5.41) is 12.2. The lowest BCUT2D eigenvalue weighted by Crippen LogP contribution is -2.21. The first-order valence-corrected chi connectivity index (χ1v) is 6.74. The highest BCUT2D eigenvalue weighted by Crippen LogP contribution is 2.41. The van der Waals surface area contributed by atoms with E-state index in [-0.39, 0.29) is 10.8 Å². The molecule has 0 amide bonds. The Balaban J connectivity index is 3.67. The van der Waals surface area contributed by atoms with Crippen molar-refractivity contribution in [3.8, 4) is 5.75 Å². The Morgan fingerprint density at radius 1 is 1.05 bits per heavy atom. The van der Waals surface area contributed by atoms with Crippen molar-refractivity contribution in [1.82, 2.24) is 0 Å². The monoisotopic (exact) mass is 279 g/mol. The van der Waals surface area contributed by atoms with Gasteiger partial charge in [-0.1, -0.05) is 41.5 Å². The Morgan fingerprint density at radius 2 is 1.45 bits per heavy atom. The van der Waals surface area contributed by atoms with Gasteiger partial charge in [-0.25, -0.2) is 4.79 Å². The smallest absolute Gasteiger partial charge is 0.449 e. The van der Waals surface area contributed by atoms with E-state index in [1.54, 1.807) is 0 Å². The highest BCUT2D eigenvalue weighted by atomic mass is 16.7. The largest absolute Gasteiger partial charge is 0.511 e. The van der Waals surface area contributed by atoms with Gasteiger partial charge in [0.25, 0.3) is 0 Å². The maximum atomic E-state index is 11.0. The van der Waals surface area contributed by atoms with E-state index in [2.05, 4.69) is 5.32 Å². The molecule has 0 radical (unpaired) electrons. The van der Waals surface area contributed by atoms with Gasteiger partial charge in [-0.3, -0.25) is 0 Å². The quantitative estimate of drug-likeness (QED) is 0.623. The Bertz CT molecular complexity index is 472. The number of benzene rings is 1. The van der Waals surface area contributed by atoms with Crippen molar-refractivity contribution in [2.45, 2.75) is 52.4 Å². The Morgan fingerprint density at radius 3 is 1.70 bits per heavy atom. The van der Waals surface area contributed by atoms with Crippen LogP contribution in [0.25, 0.3) is 0 Å². The van der Waals surface area contributed by atoms with E-state index in [0.29, 0.717) is 5.75 Å². The molecule has 20 heavy (non-hydrogen) atoms. The van der Waals surface area contributed by atoms with Crippen LogP contribution in [0.3, 0.4) is 0 Å². The van der Waals surface area contributed by atoms with Gasteiger partial charge in [-0.2, -0.15) is 0 Å². The number of hydrogen-bond acceptors (Lipinski definition) is 3. The normalized spacial score (nSPS) is 12.2. The van der Waals surface area contributed by atoms with Crippen LogP contribution in [0.15, 0.2) is 12.1 Å². The zero-order valence-electron chi connectivity index (χ0n) is 13.4. The first-order chi connectivity index (χ1) is 8.96. The second kappa shape index (κ2) is 5.35. The summed E-state index contributed by atoms with van der Waals surface area (Å²) >= 11 is 0. The number of ether oxygens (including phenoxy) is 1.